The molecule has 5 rings (SSSR count). The Morgan fingerprint density at radius 3 is 2.53 bits per heavy atom. The van der Waals surface area contributed by atoms with Crippen LogP contribution >= 0.6 is 0 Å². The van der Waals surface area contributed by atoms with Crippen LogP contribution in [0.5, 0.6) is 0 Å². The summed E-state index contributed by atoms with van der Waals surface area (Å²) in [4.78, 5) is 32.0. The van der Waals surface area contributed by atoms with Crippen molar-refractivity contribution < 1.29 is 9.18 Å². The predicted molar refractivity (Wildman–Crippen MR) is 138 cm³/mol. The van der Waals surface area contributed by atoms with E-state index in [1.807, 2.05) is 49.4 Å². The average molecular weight is 479 g/mol. The zero-order valence-electron chi connectivity index (χ0n) is 19.8. The highest BCUT2D eigenvalue weighted by Gasteiger charge is 2.15. The van der Waals surface area contributed by atoms with Crippen molar-refractivity contribution in [1.82, 2.24) is 24.8 Å². The summed E-state index contributed by atoms with van der Waals surface area (Å²) in [6.45, 7) is 2.29. The van der Waals surface area contributed by atoms with Crippen LogP contribution in [-0.4, -0.2) is 37.9 Å². The molecule has 8 heteroatoms. The van der Waals surface area contributed by atoms with E-state index in [0.717, 1.165) is 39.0 Å². The second kappa shape index (κ2) is 9.87. The molecule has 0 atom stereocenters. The molecule has 0 spiro atoms. The molecule has 3 aromatic heterocycles. The molecule has 0 saturated carbocycles. The van der Waals surface area contributed by atoms with E-state index in [2.05, 4.69) is 20.3 Å². The van der Waals surface area contributed by atoms with Gasteiger partial charge >= 0.3 is 6.03 Å². The number of rotatable bonds is 5. The van der Waals surface area contributed by atoms with Gasteiger partial charge in [0.2, 0.25) is 0 Å². The molecule has 1 N–H and O–H groups in total. The number of nitrogens with one attached hydrogen (secondary N) is 1. The number of carbonyl (C=O) groups is 1. The third kappa shape index (κ3) is 4.88. The molecule has 178 valence electrons. The van der Waals surface area contributed by atoms with Gasteiger partial charge < -0.3 is 4.90 Å². The number of nitrogens with zero attached hydrogens (tertiary/aromatic N) is 5. The molecular formula is C28H23FN6O. The van der Waals surface area contributed by atoms with Gasteiger partial charge in [-0.1, -0.05) is 12.1 Å². The van der Waals surface area contributed by atoms with E-state index < -0.39 is 0 Å². The van der Waals surface area contributed by atoms with Crippen LogP contribution in [0.2, 0.25) is 0 Å². The fraction of sp³-hybridized carbons (Fsp3) is 0.107. The molecule has 0 saturated heterocycles. The number of aryl methyl sites for hydroxylation is 1. The lowest BCUT2D eigenvalue weighted by Crippen LogP contribution is -2.31. The SMILES string of the molecule is Cc1ncnc2ccc(-c3ccc(NC(=O)N(C)Cc4ccccn4)nc3-c3ccc(F)cc3)cc12. The van der Waals surface area contributed by atoms with Crippen LogP contribution in [0.3, 0.4) is 0 Å². The van der Waals surface area contributed by atoms with Crippen LogP contribution in [0.4, 0.5) is 15.0 Å². The van der Waals surface area contributed by atoms with Gasteiger partial charge in [0.15, 0.2) is 0 Å². The lowest BCUT2D eigenvalue weighted by Gasteiger charge is -2.18. The summed E-state index contributed by atoms with van der Waals surface area (Å²) in [5, 5.41) is 3.79. The maximum absolute atomic E-state index is 13.7. The molecule has 0 unspecified atom stereocenters. The van der Waals surface area contributed by atoms with E-state index >= 15 is 0 Å². The number of urea groups is 1. The molecule has 0 fully saturated rings. The Morgan fingerprint density at radius 2 is 1.75 bits per heavy atom. The topological polar surface area (TPSA) is 83.9 Å². The number of hydrogen-bond donors (Lipinski definition) is 1. The van der Waals surface area contributed by atoms with Gasteiger partial charge in [0.25, 0.3) is 0 Å². The van der Waals surface area contributed by atoms with Gasteiger partial charge in [-0.2, -0.15) is 0 Å². The maximum atomic E-state index is 13.7. The molecule has 5 aromatic rings. The van der Waals surface area contributed by atoms with E-state index in [1.165, 1.54) is 17.0 Å². The number of pyridine rings is 2. The Balaban J connectivity index is 1.50. The smallest absolute Gasteiger partial charge is 0.322 e. The Morgan fingerprint density at radius 1 is 0.944 bits per heavy atom. The molecule has 3 heterocycles. The molecule has 0 aliphatic heterocycles. The minimum atomic E-state index is -0.334. The number of benzene rings is 2. The Labute approximate surface area is 207 Å². The molecule has 7 nitrogen and oxygen atoms in total. The number of fused-ring (bicyclic) bond motifs is 1. The third-order valence-electron chi connectivity index (χ3n) is 5.87. The van der Waals surface area contributed by atoms with Crippen LogP contribution < -0.4 is 5.32 Å². The number of amides is 2. The van der Waals surface area contributed by atoms with Crippen LogP contribution in [-0.2, 0) is 6.54 Å². The number of hydrogen-bond acceptors (Lipinski definition) is 5. The van der Waals surface area contributed by atoms with Crippen molar-refractivity contribution in [2.24, 2.45) is 0 Å². The summed E-state index contributed by atoms with van der Waals surface area (Å²) in [7, 11) is 1.69. The summed E-state index contributed by atoms with van der Waals surface area (Å²) >= 11 is 0. The summed E-state index contributed by atoms with van der Waals surface area (Å²) in [5.74, 6) is 0.0515. The second-order valence-corrected chi connectivity index (χ2v) is 8.40. The largest absolute Gasteiger partial charge is 0.323 e. The standard InChI is InChI=1S/C28H23FN6O/c1-18-24-15-20(8-12-25(24)32-17-31-18)23-11-13-26(33-27(23)19-6-9-21(29)10-7-19)34-28(36)35(2)16-22-5-3-4-14-30-22/h3-15,17H,16H2,1-2H3,(H,33,34,36). The fourth-order valence-corrected chi connectivity index (χ4v) is 3.95. The number of aromatic nitrogens is 4. The Kier molecular flexibility index (Phi) is 6.32. The van der Waals surface area contributed by atoms with Crippen LogP contribution in [0.25, 0.3) is 33.3 Å². The summed E-state index contributed by atoms with van der Waals surface area (Å²) < 4.78 is 13.7. The Hall–Kier alpha value is -4.72. The second-order valence-electron chi connectivity index (χ2n) is 8.40. The zero-order chi connectivity index (χ0) is 25.1. The average Bonchev–Trinajstić information content (AvgIpc) is 2.90. The first kappa shape index (κ1) is 23.0. The first-order valence-electron chi connectivity index (χ1n) is 11.4. The molecule has 36 heavy (non-hydrogen) atoms. The van der Waals surface area contributed by atoms with Gasteiger partial charge in [0.05, 0.1) is 23.4 Å². The third-order valence-corrected chi connectivity index (χ3v) is 5.87. The lowest BCUT2D eigenvalue weighted by atomic mass is 9.97. The number of carbonyl (C=O) groups excluding carboxylic acids is 1. The van der Waals surface area contributed by atoms with Crippen LogP contribution in [0.1, 0.15) is 11.4 Å². The summed E-state index contributed by atoms with van der Waals surface area (Å²) in [6, 6.07) is 21.0. The highest BCUT2D eigenvalue weighted by atomic mass is 19.1. The van der Waals surface area contributed by atoms with Crippen LogP contribution in [0.15, 0.2) is 85.3 Å². The van der Waals surface area contributed by atoms with Gasteiger partial charge in [-0.25, -0.2) is 24.1 Å². The van der Waals surface area contributed by atoms with Crippen molar-refractivity contribution in [2.75, 3.05) is 12.4 Å². The van der Waals surface area contributed by atoms with Crippen molar-refractivity contribution >= 4 is 22.8 Å². The minimum Gasteiger partial charge on any atom is -0.322 e. The van der Waals surface area contributed by atoms with Gasteiger partial charge in [-0.3, -0.25) is 10.3 Å². The van der Waals surface area contributed by atoms with E-state index in [1.54, 1.807) is 37.8 Å². The van der Waals surface area contributed by atoms with E-state index in [4.69, 9.17) is 4.98 Å². The predicted octanol–water partition coefficient (Wildman–Crippen LogP) is 5.87. The molecular weight excluding hydrogens is 455 g/mol. The Bertz CT molecular complexity index is 1540. The molecule has 0 radical (unpaired) electrons. The molecule has 0 aliphatic carbocycles. The highest BCUT2D eigenvalue weighted by molar-refractivity contribution is 5.92. The maximum Gasteiger partial charge on any atom is 0.323 e. The lowest BCUT2D eigenvalue weighted by molar-refractivity contribution is 0.220. The van der Waals surface area contributed by atoms with Crippen LogP contribution in [0, 0.1) is 12.7 Å². The summed E-state index contributed by atoms with van der Waals surface area (Å²) in [5.41, 5.74) is 5.60. The highest BCUT2D eigenvalue weighted by Crippen LogP contribution is 2.33. The van der Waals surface area contributed by atoms with Gasteiger partial charge in [0.1, 0.15) is 18.0 Å². The summed E-state index contributed by atoms with van der Waals surface area (Å²) in [6.07, 6.45) is 3.24. The van der Waals surface area contributed by atoms with Crippen molar-refractivity contribution in [3.8, 4) is 22.4 Å². The monoisotopic (exact) mass is 478 g/mol. The molecule has 2 aromatic carbocycles. The molecule has 2 amide bonds. The van der Waals surface area contributed by atoms with Crippen molar-refractivity contribution in [1.29, 1.82) is 0 Å². The van der Waals surface area contributed by atoms with Gasteiger partial charge in [-0.15, -0.1) is 0 Å². The van der Waals surface area contributed by atoms with E-state index in [9.17, 15) is 9.18 Å². The number of halogens is 1. The molecule has 0 bridgehead atoms. The van der Waals surface area contributed by atoms with Crippen molar-refractivity contribution in [3.05, 3.63) is 103 Å². The van der Waals surface area contributed by atoms with E-state index in [0.29, 0.717) is 18.1 Å². The van der Waals surface area contributed by atoms with Gasteiger partial charge in [-0.05, 0) is 73.2 Å². The zero-order valence-corrected chi connectivity index (χ0v) is 19.8. The minimum absolute atomic E-state index is 0.315. The van der Waals surface area contributed by atoms with Gasteiger partial charge in [0, 0.05) is 35.5 Å². The first-order chi connectivity index (χ1) is 17.5. The van der Waals surface area contributed by atoms with Crippen molar-refractivity contribution in [3.63, 3.8) is 0 Å². The fourth-order valence-electron chi connectivity index (χ4n) is 3.95. The normalized spacial score (nSPS) is 10.9. The molecule has 0 aliphatic rings. The quantitative estimate of drug-likeness (QED) is 0.342. The van der Waals surface area contributed by atoms with E-state index in [-0.39, 0.29) is 11.8 Å². The van der Waals surface area contributed by atoms with Crippen molar-refractivity contribution in [2.45, 2.75) is 13.5 Å². The first-order valence-corrected chi connectivity index (χ1v) is 11.4. The number of anilines is 1.